The molecule has 0 heterocycles. The fourth-order valence-corrected chi connectivity index (χ4v) is 2.52. The van der Waals surface area contributed by atoms with Gasteiger partial charge in [0.1, 0.15) is 12.4 Å². The Kier molecular flexibility index (Phi) is 8.38. The highest BCUT2D eigenvalue weighted by molar-refractivity contribution is 9.10. The van der Waals surface area contributed by atoms with Crippen molar-refractivity contribution in [1.29, 1.82) is 0 Å². The summed E-state index contributed by atoms with van der Waals surface area (Å²) < 4.78 is 11.3. The van der Waals surface area contributed by atoms with Crippen LogP contribution in [0.5, 0.6) is 5.75 Å². The van der Waals surface area contributed by atoms with E-state index in [1.165, 1.54) is 0 Å². The smallest absolute Gasteiger partial charge is 0.253 e. The molecule has 0 bridgehead atoms. The van der Waals surface area contributed by atoms with E-state index in [4.69, 9.17) is 9.47 Å². The largest absolute Gasteiger partial charge is 0.490 e. The molecular formula is C16H24BrNO3. The van der Waals surface area contributed by atoms with Crippen molar-refractivity contribution in [2.45, 2.75) is 26.7 Å². The molecule has 0 aromatic heterocycles. The number of carbonyl (C=O) groups is 1. The first-order valence-corrected chi connectivity index (χ1v) is 8.13. The van der Waals surface area contributed by atoms with Crippen molar-refractivity contribution in [3.05, 3.63) is 28.2 Å². The lowest BCUT2D eigenvalue weighted by Gasteiger charge is -2.21. The van der Waals surface area contributed by atoms with Crippen molar-refractivity contribution in [2.24, 2.45) is 0 Å². The van der Waals surface area contributed by atoms with Crippen LogP contribution in [0.3, 0.4) is 0 Å². The second kappa shape index (κ2) is 9.79. The van der Waals surface area contributed by atoms with Gasteiger partial charge in [0, 0.05) is 25.8 Å². The van der Waals surface area contributed by atoms with Gasteiger partial charge in [-0.1, -0.05) is 13.8 Å². The van der Waals surface area contributed by atoms with Crippen LogP contribution in [0, 0.1) is 0 Å². The summed E-state index contributed by atoms with van der Waals surface area (Å²) in [6.07, 6.45) is 1.93. The molecule has 0 aliphatic rings. The maximum atomic E-state index is 12.5. The minimum absolute atomic E-state index is 0.0721. The third-order valence-electron chi connectivity index (χ3n) is 3.00. The van der Waals surface area contributed by atoms with E-state index in [1.54, 1.807) is 7.11 Å². The number of amides is 1. The molecule has 0 saturated heterocycles. The van der Waals surface area contributed by atoms with Crippen molar-refractivity contribution < 1.29 is 14.3 Å². The molecule has 0 fully saturated rings. The van der Waals surface area contributed by atoms with Crippen molar-refractivity contribution >= 4 is 21.8 Å². The first-order chi connectivity index (χ1) is 10.1. The summed E-state index contributed by atoms with van der Waals surface area (Å²) in [6, 6.07) is 5.46. The molecule has 0 aliphatic carbocycles. The molecule has 0 radical (unpaired) electrons. The van der Waals surface area contributed by atoms with Crippen LogP contribution in [0.2, 0.25) is 0 Å². The predicted octanol–water partition coefficient (Wildman–Crippen LogP) is 3.74. The molecule has 1 aromatic rings. The Bertz CT molecular complexity index is 445. The quantitative estimate of drug-likeness (QED) is 0.632. The van der Waals surface area contributed by atoms with E-state index in [2.05, 4.69) is 29.8 Å². The van der Waals surface area contributed by atoms with Gasteiger partial charge in [0.2, 0.25) is 0 Å². The first kappa shape index (κ1) is 18.0. The van der Waals surface area contributed by atoms with Gasteiger partial charge in [-0.25, -0.2) is 0 Å². The van der Waals surface area contributed by atoms with Crippen LogP contribution in [0.4, 0.5) is 0 Å². The maximum Gasteiger partial charge on any atom is 0.253 e. The standard InChI is InChI=1S/C16H24BrNO3/c1-4-8-18(9-5-2)16(19)13-6-7-15(14(17)12-13)21-11-10-20-3/h6-7,12H,4-5,8-11H2,1-3H3. The summed E-state index contributed by atoms with van der Waals surface area (Å²) >= 11 is 3.46. The molecule has 0 N–H and O–H groups in total. The van der Waals surface area contributed by atoms with E-state index in [0.29, 0.717) is 18.8 Å². The molecule has 0 spiro atoms. The minimum atomic E-state index is 0.0721. The molecule has 1 rings (SSSR count). The van der Waals surface area contributed by atoms with Crippen molar-refractivity contribution in [3.8, 4) is 5.75 Å². The topological polar surface area (TPSA) is 38.8 Å². The van der Waals surface area contributed by atoms with Crippen molar-refractivity contribution in [1.82, 2.24) is 4.90 Å². The Balaban J connectivity index is 2.78. The normalized spacial score (nSPS) is 10.5. The van der Waals surface area contributed by atoms with E-state index in [1.807, 2.05) is 23.1 Å². The fraction of sp³-hybridized carbons (Fsp3) is 0.562. The van der Waals surface area contributed by atoms with E-state index < -0.39 is 0 Å². The summed E-state index contributed by atoms with van der Waals surface area (Å²) in [4.78, 5) is 14.4. The molecule has 4 nitrogen and oxygen atoms in total. The highest BCUT2D eigenvalue weighted by atomic mass is 79.9. The Labute approximate surface area is 135 Å². The van der Waals surface area contributed by atoms with Crippen molar-refractivity contribution in [2.75, 3.05) is 33.4 Å². The summed E-state index contributed by atoms with van der Waals surface area (Å²) in [6.45, 7) is 6.76. The van der Waals surface area contributed by atoms with Gasteiger partial charge in [-0.05, 0) is 47.0 Å². The average Bonchev–Trinajstić information content (AvgIpc) is 2.48. The zero-order valence-corrected chi connectivity index (χ0v) is 14.6. The van der Waals surface area contributed by atoms with Gasteiger partial charge in [-0.2, -0.15) is 0 Å². The van der Waals surface area contributed by atoms with Gasteiger partial charge < -0.3 is 14.4 Å². The molecule has 21 heavy (non-hydrogen) atoms. The Hall–Kier alpha value is -1.07. The van der Waals surface area contributed by atoms with Crippen LogP contribution in [-0.4, -0.2) is 44.2 Å². The lowest BCUT2D eigenvalue weighted by Crippen LogP contribution is -2.32. The van der Waals surface area contributed by atoms with E-state index in [0.717, 1.165) is 36.2 Å². The summed E-state index contributed by atoms with van der Waals surface area (Å²) in [7, 11) is 1.64. The number of nitrogens with zero attached hydrogens (tertiary/aromatic N) is 1. The Morgan fingerprint density at radius 1 is 1.19 bits per heavy atom. The number of hydrogen-bond acceptors (Lipinski definition) is 3. The third kappa shape index (κ3) is 5.67. The third-order valence-corrected chi connectivity index (χ3v) is 3.62. The molecular weight excluding hydrogens is 334 g/mol. The maximum absolute atomic E-state index is 12.5. The molecule has 5 heteroatoms. The Morgan fingerprint density at radius 2 is 1.86 bits per heavy atom. The molecule has 0 saturated carbocycles. The van der Waals surface area contributed by atoms with Crippen LogP contribution < -0.4 is 4.74 Å². The van der Waals surface area contributed by atoms with Crippen LogP contribution >= 0.6 is 15.9 Å². The fourth-order valence-electron chi connectivity index (χ4n) is 2.02. The number of hydrogen-bond donors (Lipinski definition) is 0. The van der Waals surface area contributed by atoms with Gasteiger partial charge in [-0.3, -0.25) is 4.79 Å². The second-order valence-electron chi connectivity index (χ2n) is 4.78. The lowest BCUT2D eigenvalue weighted by molar-refractivity contribution is 0.0755. The van der Waals surface area contributed by atoms with E-state index in [9.17, 15) is 4.79 Å². The zero-order valence-electron chi connectivity index (χ0n) is 13.0. The van der Waals surface area contributed by atoms with Gasteiger partial charge in [0.15, 0.2) is 0 Å². The van der Waals surface area contributed by atoms with Gasteiger partial charge in [0.25, 0.3) is 5.91 Å². The molecule has 1 aromatic carbocycles. The van der Waals surface area contributed by atoms with Crippen LogP contribution in [0.15, 0.2) is 22.7 Å². The number of benzene rings is 1. The summed E-state index contributed by atoms with van der Waals surface area (Å²) in [5, 5.41) is 0. The number of halogens is 1. The molecule has 0 aliphatic heterocycles. The minimum Gasteiger partial charge on any atom is -0.490 e. The van der Waals surface area contributed by atoms with E-state index in [-0.39, 0.29) is 5.91 Å². The number of carbonyl (C=O) groups excluding carboxylic acids is 1. The number of ether oxygens (including phenoxy) is 2. The first-order valence-electron chi connectivity index (χ1n) is 7.34. The van der Waals surface area contributed by atoms with E-state index >= 15 is 0 Å². The summed E-state index contributed by atoms with van der Waals surface area (Å²) in [5.41, 5.74) is 0.683. The molecule has 0 unspecified atom stereocenters. The lowest BCUT2D eigenvalue weighted by atomic mass is 10.2. The average molecular weight is 358 g/mol. The van der Waals surface area contributed by atoms with Crippen LogP contribution in [0.1, 0.15) is 37.0 Å². The predicted molar refractivity (Wildman–Crippen MR) is 88.0 cm³/mol. The van der Waals surface area contributed by atoms with Gasteiger partial charge in [-0.15, -0.1) is 0 Å². The summed E-state index contributed by atoms with van der Waals surface area (Å²) in [5.74, 6) is 0.795. The SMILES string of the molecule is CCCN(CCC)C(=O)c1ccc(OCCOC)c(Br)c1. The van der Waals surface area contributed by atoms with Gasteiger partial charge >= 0.3 is 0 Å². The number of rotatable bonds is 9. The Morgan fingerprint density at radius 3 is 2.38 bits per heavy atom. The second-order valence-corrected chi connectivity index (χ2v) is 5.63. The van der Waals surface area contributed by atoms with Crippen LogP contribution in [0.25, 0.3) is 0 Å². The molecule has 1 amide bonds. The van der Waals surface area contributed by atoms with Crippen molar-refractivity contribution in [3.63, 3.8) is 0 Å². The monoisotopic (exact) mass is 357 g/mol. The van der Waals surface area contributed by atoms with Crippen LogP contribution in [-0.2, 0) is 4.74 Å². The highest BCUT2D eigenvalue weighted by Crippen LogP contribution is 2.26. The molecule has 118 valence electrons. The number of methoxy groups -OCH3 is 1. The van der Waals surface area contributed by atoms with Gasteiger partial charge in [0.05, 0.1) is 11.1 Å². The highest BCUT2D eigenvalue weighted by Gasteiger charge is 2.15. The molecule has 0 atom stereocenters. The zero-order chi connectivity index (χ0) is 15.7.